The van der Waals surface area contributed by atoms with Gasteiger partial charge in [0.2, 0.25) is 5.95 Å². The maximum atomic E-state index is 5.50. The van der Waals surface area contributed by atoms with E-state index in [1.54, 1.807) is 6.20 Å². The zero-order valence-electron chi connectivity index (χ0n) is 8.20. The maximum absolute atomic E-state index is 5.50. The largest absolute Gasteiger partial charge is 0.368 e. The summed E-state index contributed by atoms with van der Waals surface area (Å²) in [6, 6.07) is 1.88. The summed E-state index contributed by atoms with van der Waals surface area (Å²) in [7, 11) is 0. The van der Waals surface area contributed by atoms with E-state index in [0.29, 0.717) is 5.95 Å². The van der Waals surface area contributed by atoms with Gasteiger partial charge in [0, 0.05) is 19.3 Å². The minimum absolute atomic E-state index is 0.340. The van der Waals surface area contributed by atoms with Crippen LogP contribution in [0.5, 0.6) is 0 Å². The first kappa shape index (κ1) is 9.77. The minimum Gasteiger partial charge on any atom is -0.368 e. The van der Waals surface area contributed by atoms with Crippen LogP contribution in [0.2, 0.25) is 0 Å². The monoisotopic (exact) mass is 180 g/mol. The van der Waals surface area contributed by atoms with Crippen LogP contribution >= 0.6 is 0 Å². The van der Waals surface area contributed by atoms with Crippen molar-refractivity contribution in [3.05, 3.63) is 12.3 Å². The lowest BCUT2D eigenvalue weighted by molar-refractivity contribution is 0.777. The van der Waals surface area contributed by atoms with Crippen LogP contribution in [-0.4, -0.2) is 23.1 Å². The van der Waals surface area contributed by atoms with Crippen molar-refractivity contribution in [3.8, 4) is 0 Å². The molecular weight excluding hydrogens is 164 g/mol. The van der Waals surface area contributed by atoms with Gasteiger partial charge in [-0.25, -0.2) is 4.98 Å². The van der Waals surface area contributed by atoms with E-state index < -0.39 is 0 Å². The van der Waals surface area contributed by atoms with E-state index in [2.05, 4.69) is 28.7 Å². The minimum atomic E-state index is 0.340. The fraction of sp³-hybridized carbons (Fsp3) is 0.556. The van der Waals surface area contributed by atoms with E-state index in [0.717, 1.165) is 25.3 Å². The lowest BCUT2D eigenvalue weighted by atomic mass is 10.4. The van der Waals surface area contributed by atoms with Crippen molar-refractivity contribution in [1.29, 1.82) is 0 Å². The molecule has 0 fully saturated rings. The number of hydrogen-bond donors (Lipinski definition) is 1. The molecule has 4 heteroatoms. The molecule has 0 aliphatic carbocycles. The molecule has 0 spiro atoms. The summed E-state index contributed by atoms with van der Waals surface area (Å²) in [6.07, 6.45) is 2.80. The second-order valence-corrected chi connectivity index (χ2v) is 2.85. The number of nitrogens with two attached hydrogens (primary N) is 1. The summed E-state index contributed by atoms with van der Waals surface area (Å²) < 4.78 is 0. The molecule has 0 bridgehead atoms. The molecule has 0 atom stereocenters. The highest BCUT2D eigenvalue weighted by Gasteiger charge is 2.03. The average molecular weight is 180 g/mol. The second kappa shape index (κ2) is 4.64. The molecule has 0 aliphatic heterocycles. The predicted molar refractivity (Wildman–Crippen MR) is 54.6 cm³/mol. The van der Waals surface area contributed by atoms with E-state index in [1.807, 2.05) is 6.07 Å². The molecule has 0 aromatic carbocycles. The maximum Gasteiger partial charge on any atom is 0.221 e. The van der Waals surface area contributed by atoms with Crippen molar-refractivity contribution >= 4 is 11.8 Å². The third-order valence-electron chi connectivity index (χ3n) is 1.86. The Kier molecular flexibility index (Phi) is 3.49. The Labute approximate surface area is 78.8 Å². The molecule has 0 saturated heterocycles. The van der Waals surface area contributed by atoms with Crippen molar-refractivity contribution in [3.63, 3.8) is 0 Å². The van der Waals surface area contributed by atoms with Crippen LogP contribution in [0.3, 0.4) is 0 Å². The molecule has 1 aromatic rings. The molecule has 1 aromatic heterocycles. The highest BCUT2D eigenvalue weighted by Crippen LogP contribution is 2.10. The number of hydrogen-bond acceptors (Lipinski definition) is 4. The Hall–Kier alpha value is -1.32. The van der Waals surface area contributed by atoms with Gasteiger partial charge in [0.25, 0.3) is 0 Å². The molecule has 72 valence electrons. The van der Waals surface area contributed by atoms with Gasteiger partial charge in [0.05, 0.1) is 0 Å². The van der Waals surface area contributed by atoms with Gasteiger partial charge in [0.15, 0.2) is 0 Å². The zero-order chi connectivity index (χ0) is 9.68. The smallest absolute Gasteiger partial charge is 0.221 e. The van der Waals surface area contributed by atoms with Gasteiger partial charge in [-0.1, -0.05) is 6.92 Å². The summed E-state index contributed by atoms with van der Waals surface area (Å²) in [5, 5.41) is 0. The number of anilines is 2. The second-order valence-electron chi connectivity index (χ2n) is 2.85. The quantitative estimate of drug-likeness (QED) is 0.758. The first-order chi connectivity index (χ1) is 6.27. The molecular formula is C9H16N4. The van der Waals surface area contributed by atoms with Gasteiger partial charge >= 0.3 is 0 Å². The molecule has 4 nitrogen and oxygen atoms in total. The van der Waals surface area contributed by atoms with Gasteiger partial charge in [0.1, 0.15) is 5.82 Å². The summed E-state index contributed by atoms with van der Waals surface area (Å²) in [6.45, 7) is 6.21. The Morgan fingerprint density at radius 2 is 2.23 bits per heavy atom. The molecule has 0 radical (unpaired) electrons. The first-order valence-corrected chi connectivity index (χ1v) is 4.61. The van der Waals surface area contributed by atoms with E-state index >= 15 is 0 Å². The molecule has 0 saturated carbocycles. The normalized spacial score (nSPS) is 10.0. The van der Waals surface area contributed by atoms with Gasteiger partial charge < -0.3 is 10.6 Å². The van der Waals surface area contributed by atoms with E-state index in [-0.39, 0.29) is 0 Å². The summed E-state index contributed by atoms with van der Waals surface area (Å²) in [5.41, 5.74) is 5.50. The fourth-order valence-corrected chi connectivity index (χ4v) is 1.24. The van der Waals surface area contributed by atoms with Gasteiger partial charge in [-0.05, 0) is 19.4 Å². The van der Waals surface area contributed by atoms with Crippen LogP contribution in [0.1, 0.15) is 20.3 Å². The Bertz CT molecular complexity index is 262. The molecule has 2 N–H and O–H groups in total. The first-order valence-electron chi connectivity index (χ1n) is 4.61. The lowest BCUT2D eigenvalue weighted by Gasteiger charge is -2.20. The standard InChI is InChI=1S/C9H16N4/c1-3-7-13(4-2)8-5-6-11-9(10)12-8/h5-6H,3-4,7H2,1-2H3,(H2,10,11,12). The summed E-state index contributed by atoms with van der Waals surface area (Å²) >= 11 is 0. The third kappa shape index (κ3) is 2.57. The molecule has 1 rings (SSSR count). The Morgan fingerprint density at radius 1 is 1.46 bits per heavy atom. The summed E-state index contributed by atoms with van der Waals surface area (Å²) in [5.74, 6) is 1.25. The lowest BCUT2D eigenvalue weighted by Crippen LogP contribution is -2.24. The predicted octanol–water partition coefficient (Wildman–Crippen LogP) is 1.30. The number of aromatic nitrogens is 2. The molecule has 0 unspecified atom stereocenters. The SMILES string of the molecule is CCCN(CC)c1ccnc(N)n1. The van der Waals surface area contributed by atoms with Gasteiger partial charge in [-0.2, -0.15) is 4.98 Å². The van der Waals surface area contributed by atoms with Crippen LogP contribution in [-0.2, 0) is 0 Å². The average Bonchev–Trinajstić information content (AvgIpc) is 2.14. The molecule has 13 heavy (non-hydrogen) atoms. The molecule has 0 aliphatic rings. The highest BCUT2D eigenvalue weighted by molar-refractivity contribution is 5.40. The molecule has 0 amide bonds. The van der Waals surface area contributed by atoms with E-state index in [4.69, 9.17) is 5.73 Å². The fourth-order valence-electron chi connectivity index (χ4n) is 1.24. The third-order valence-corrected chi connectivity index (χ3v) is 1.86. The van der Waals surface area contributed by atoms with Crippen LogP contribution < -0.4 is 10.6 Å². The van der Waals surface area contributed by atoms with Crippen molar-refractivity contribution in [1.82, 2.24) is 9.97 Å². The highest BCUT2D eigenvalue weighted by atomic mass is 15.2. The van der Waals surface area contributed by atoms with Gasteiger partial charge in [-0.3, -0.25) is 0 Å². The van der Waals surface area contributed by atoms with E-state index in [1.165, 1.54) is 0 Å². The van der Waals surface area contributed by atoms with Crippen LogP contribution in [0.4, 0.5) is 11.8 Å². The van der Waals surface area contributed by atoms with Crippen LogP contribution in [0.25, 0.3) is 0 Å². The topological polar surface area (TPSA) is 55.0 Å². The molecule has 1 heterocycles. The zero-order valence-corrected chi connectivity index (χ0v) is 8.20. The van der Waals surface area contributed by atoms with Gasteiger partial charge in [-0.15, -0.1) is 0 Å². The van der Waals surface area contributed by atoms with Crippen molar-refractivity contribution < 1.29 is 0 Å². The number of nitrogens with zero attached hydrogens (tertiary/aromatic N) is 3. The van der Waals surface area contributed by atoms with E-state index in [9.17, 15) is 0 Å². The number of nitrogen functional groups attached to an aromatic ring is 1. The Balaban J connectivity index is 2.78. The van der Waals surface area contributed by atoms with Crippen molar-refractivity contribution in [2.75, 3.05) is 23.7 Å². The van der Waals surface area contributed by atoms with Crippen LogP contribution in [0, 0.1) is 0 Å². The Morgan fingerprint density at radius 3 is 2.77 bits per heavy atom. The number of rotatable bonds is 4. The van der Waals surface area contributed by atoms with Crippen LogP contribution in [0.15, 0.2) is 12.3 Å². The van der Waals surface area contributed by atoms with Crippen molar-refractivity contribution in [2.24, 2.45) is 0 Å². The summed E-state index contributed by atoms with van der Waals surface area (Å²) in [4.78, 5) is 10.2. The van der Waals surface area contributed by atoms with Crippen molar-refractivity contribution in [2.45, 2.75) is 20.3 Å².